The van der Waals surface area contributed by atoms with Gasteiger partial charge in [-0.1, -0.05) is 146 Å². The maximum Gasteiger partial charge on any atom is 0.123 e. The van der Waals surface area contributed by atoms with Crippen molar-refractivity contribution in [1.82, 2.24) is 4.57 Å². The standard InChI is InChI=1S/C56H39FN2/c1-56(50-18-8-5-15-46(50)47-16-6-9-19-51(47)56)52-20-10-12-22-55(52)58(44-32-25-39(26-33-44)38-23-30-42(57)31-24-38)45-34-27-40(28-35-45)41-29-36-54-49(37-41)48-17-7-11-21-53(48)59(54)43-13-3-2-4-14-43/h2-37H,1H3. The summed E-state index contributed by atoms with van der Waals surface area (Å²) in [7, 11) is 0. The van der Waals surface area contributed by atoms with Crippen LogP contribution in [0.1, 0.15) is 23.6 Å². The molecule has 10 aromatic rings. The molecule has 0 unspecified atom stereocenters. The lowest BCUT2D eigenvalue weighted by atomic mass is 9.73. The second-order valence-corrected chi connectivity index (χ2v) is 15.6. The van der Waals surface area contributed by atoms with Crippen molar-refractivity contribution in [2.24, 2.45) is 0 Å². The number of rotatable bonds is 7. The van der Waals surface area contributed by atoms with E-state index in [1.54, 1.807) is 0 Å². The van der Waals surface area contributed by atoms with E-state index in [9.17, 15) is 4.39 Å². The number of halogens is 1. The molecule has 0 atom stereocenters. The van der Waals surface area contributed by atoms with Gasteiger partial charge in [-0.25, -0.2) is 4.39 Å². The summed E-state index contributed by atoms with van der Waals surface area (Å²) in [5.74, 6) is -0.237. The molecule has 59 heavy (non-hydrogen) atoms. The highest BCUT2D eigenvalue weighted by Crippen LogP contribution is 2.55. The van der Waals surface area contributed by atoms with Crippen molar-refractivity contribution >= 4 is 38.9 Å². The Balaban J connectivity index is 1.05. The molecule has 280 valence electrons. The Bertz CT molecular complexity index is 3120. The van der Waals surface area contributed by atoms with Crippen LogP contribution in [0.4, 0.5) is 21.5 Å². The minimum atomic E-state index is -0.398. The molecular formula is C56H39FN2. The molecule has 0 saturated heterocycles. The largest absolute Gasteiger partial charge is 0.310 e. The van der Waals surface area contributed by atoms with Gasteiger partial charge in [0.15, 0.2) is 0 Å². The van der Waals surface area contributed by atoms with E-state index in [4.69, 9.17) is 0 Å². The fourth-order valence-corrected chi connectivity index (χ4v) is 9.52. The number of benzene rings is 9. The zero-order chi connectivity index (χ0) is 39.5. The topological polar surface area (TPSA) is 8.17 Å². The number of anilines is 3. The van der Waals surface area contributed by atoms with Gasteiger partial charge < -0.3 is 9.47 Å². The quantitative estimate of drug-likeness (QED) is 0.157. The van der Waals surface area contributed by atoms with Crippen molar-refractivity contribution in [3.63, 3.8) is 0 Å². The SMILES string of the molecule is CC1(c2ccccc2N(c2ccc(-c3ccc(F)cc3)cc2)c2ccc(-c3ccc4c(c3)c3ccccc3n4-c3ccccc3)cc2)c2ccccc2-c2ccccc21. The van der Waals surface area contributed by atoms with Crippen molar-refractivity contribution in [2.45, 2.75) is 12.3 Å². The fourth-order valence-electron chi connectivity index (χ4n) is 9.52. The first kappa shape index (κ1) is 34.7. The summed E-state index contributed by atoms with van der Waals surface area (Å²) < 4.78 is 16.2. The highest BCUT2D eigenvalue weighted by atomic mass is 19.1. The van der Waals surface area contributed by atoms with E-state index in [1.807, 2.05) is 12.1 Å². The number of fused-ring (bicyclic) bond motifs is 6. The summed E-state index contributed by atoms with van der Waals surface area (Å²) in [6.45, 7) is 2.38. The summed E-state index contributed by atoms with van der Waals surface area (Å²) >= 11 is 0. The summed E-state index contributed by atoms with van der Waals surface area (Å²) in [6, 6.07) is 77.0. The van der Waals surface area contributed by atoms with E-state index in [0.29, 0.717) is 0 Å². The van der Waals surface area contributed by atoms with Crippen LogP contribution in [-0.2, 0) is 5.41 Å². The normalized spacial score (nSPS) is 12.7. The van der Waals surface area contributed by atoms with Crippen molar-refractivity contribution in [3.8, 4) is 39.1 Å². The molecule has 0 spiro atoms. The van der Waals surface area contributed by atoms with Gasteiger partial charge in [0.25, 0.3) is 0 Å². The van der Waals surface area contributed by atoms with E-state index < -0.39 is 5.41 Å². The Kier molecular flexibility index (Phi) is 8.16. The predicted octanol–water partition coefficient (Wildman–Crippen LogP) is 15.1. The zero-order valence-corrected chi connectivity index (χ0v) is 32.6. The van der Waals surface area contributed by atoms with Gasteiger partial charge in [-0.2, -0.15) is 0 Å². The minimum Gasteiger partial charge on any atom is -0.310 e. The molecule has 1 heterocycles. The third-order valence-corrected chi connectivity index (χ3v) is 12.4. The molecule has 0 N–H and O–H groups in total. The van der Waals surface area contributed by atoms with E-state index in [0.717, 1.165) is 39.4 Å². The number of hydrogen-bond acceptors (Lipinski definition) is 1. The summed E-state index contributed by atoms with van der Waals surface area (Å²) in [5.41, 5.74) is 17.1. The van der Waals surface area contributed by atoms with Crippen molar-refractivity contribution in [1.29, 1.82) is 0 Å². The number of para-hydroxylation sites is 3. The van der Waals surface area contributed by atoms with Gasteiger partial charge in [0.05, 0.1) is 16.7 Å². The lowest BCUT2D eigenvalue weighted by Gasteiger charge is -2.35. The molecule has 0 aliphatic heterocycles. The Labute approximate surface area is 343 Å². The van der Waals surface area contributed by atoms with E-state index in [-0.39, 0.29) is 5.82 Å². The smallest absolute Gasteiger partial charge is 0.123 e. The second-order valence-electron chi connectivity index (χ2n) is 15.6. The zero-order valence-electron chi connectivity index (χ0n) is 32.6. The van der Waals surface area contributed by atoms with Gasteiger partial charge in [0.2, 0.25) is 0 Å². The molecular weight excluding hydrogens is 720 g/mol. The average Bonchev–Trinajstić information content (AvgIpc) is 3.77. The third kappa shape index (κ3) is 5.61. The lowest BCUT2D eigenvalue weighted by molar-refractivity contribution is 0.628. The number of hydrogen-bond donors (Lipinski definition) is 0. The highest BCUT2D eigenvalue weighted by Gasteiger charge is 2.42. The Morgan fingerprint density at radius 2 is 0.881 bits per heavy atom. The molecule has 1 aliphatic rings. The van der Waals surface area contributed by atoms with Crippen LogP contribution >= 0.6 is 0 Å². The van der Waals surface area contributed by atoms with E-state index in [2.05, 4.69) is 211 Å². The van der Waals surface area contributed by atoms with E-state index in [1.165, 1.54) is 67.3 Å². The van der Waals surface area contributed by atoms with Crippen LogP contribution < -0.4 is 4.90 Å². The van der Waals surface area contributed by atoms with Gasteiger partial charge in [-0.3, -0.25) is 0 Å². The molecule has 0 amide bonds. The fraction of sp³-hybridized carbons (Fsp3) is 0.0357. The first-order valence-electron chi connectivity index (χ1n) is 20.2. The van der Waals surface area contributed by atoms with Gasteiger partial charge in [0.1, 0.15) is 5.82 Å². The monoisotopic (exact) mass is 758 g/mol. The van der Waals surface area contributed by atoms with Crippen LogP contribution in [0.3, 0.4) is 0 Å². The third-order valence-electron chi connectivity index (χ3n) is 12.4. The van der Waals surface area contributed by atoms with Gasteiger partial charge in [-0.05, 0) is 130 Å². The second kappa shape index (κ2) is 13.9. The molecule has 0 radical (unpaired) electrons. The van der Waals surface area contributed by atoms with Crippen LogP contribution in [0, 0.1) is 5.82 Å². The van der Waals surface area contributed by atoms with Crippen molar-refractivity contribution in [2.75, 3.05) is 4.90 Å². The Morgan fingerprint density at radius 1 is 0.407 bits per heavy atom. The molecule has 0 saturated carbocycles. The maximum atomic E-state index is 13.9. The highest BCUT2D eigenvalue weighted by molar-refractivity contribution is 6.10. The average molecular weight is 759 g/mol. The van der Waals surface area contributed by atoms with Crippen LogP contribution in [0.2, 0.25) is 0 Å². The van der Waals surface area contributed by atoms with Crippen LogP contribution in [0.25, 0.3) is 60.9 Å². The maximum absolute atomic E-state index is 13.9. The first-order chi connectivity index (χ1) is 29.1. The molecule has 11 rings (SSSR count). The van der Waals surface area contributed by atoms with Crippen LogP contribution in [0.15, 0.2) is 218 Å². The van der Waals surface area contributed by atoms with Crippen LogP contribution in [-0.4, -0.2) is 4.57 Å². The Morgan fingerprint density at radius 3 is 1.53 bits per heavy atom. The Hall–Kier alpha value is -7.49. The van der Waals surface area contributed by atoms with Gasteiger partial charge in [0, 0.05) is 33.2 Å². The first-order valence-corrected chi connectivity index (χ1v) is 20.2. The number of nitrogens with zero attached hydrogens (tertiary/aromatic N) is 2. The molecule has 0 bridgehead atoms. The molecule has 1 aliphatic carbocycles. The molecule has 2 nitrogen and oxygen atoms in total. The summed E-state index contributed by atoms with van der Waals surface area (Å²) in [6.07, 6.45) is 0. The predicted molar refractivity (Wildman–Crippen MR) is 244 cm³/mol. The van der Waals surface area contributed by atoms with Crippen LogP contribution in [0.5, 0.6) is 0 Å². The summed E-state index contributed by atoms with van der Waals surface area (Å²) in [5, 5.41) is 2.47. The lowest BCUT2D eigenvalue weighted by Crippen LogP contribution is -2.25. The van der Waals surface area contributed by atoms with Gasteiger partial charge in [-0.15, -0.1) is 0 Å². The number of aromatic nitrogens is 1. The minimum absolute atomic E-state index is 0.237. The summed E-state index contributed by atoms with van der Waals surface area (Å²) in [4.78, 5) is 2.39. The molecule has 0 fully saturated rings. The van der Waals surface area contributed by atoms with E-state index >= 15 is 0 Å². The van der Waals surface area contributed by atoms with Crippen molar-refractivity contribution in [3.05, 3.63) is 241 Å². The molecule has 1 aromatic heterocycles. The van der Waals surface area contributed by atoms with Gasteiger partial charge >= 0.3 is 0 Å². The molecule has 3 heteroatoms. The van der Waals surface area contributed by atoms with Crippen molar-refractivity contribution < 1.29 is 4.39 Å². The molecule has 9 aromatic carbocycles.